The molecule has 0 saturated carbocycles. The lowest BCUT2D eigenvalue weighted by atomic mass is 10.2. The molecule has 0 heterocycles. The predicted molar refractivity (Wildman–Crippen MR) is 110 cm³/mol. The van der Waals surface area contributed by atoms with Crippen LogP contribution in [0.25, 0.3) is 0 Å². The van der Waals surface area contributed by atoms with Gasteiger partial charge in [-0.3, -0.25) is 4.79 Å². The van der Waals surface area contributed by atoms with Gasteiger partial charge in [0.25, 0.3) is 5.91 Å². The van der Waals surface area contributed by atoms with Gasteiger partial charge in [-0.2, -0.15) is 0 Å². The topological polar surface area (TPSA) is 79.5 Å². The van der Waals surface area contributed by atoms with Crippen molar-refractivity contribution in [3.05, 3.63) is 83.1 Å². The Labute approximate surface area is 171 Å². The van der Waals surface area contributed by atoms with Gasteiger partial charge in [-0.15, -0.1) is 0 Å². The Morgan fingerprint density at radius 1 is 0.862 bits per heavy atom. The first-order chi connectivity index (χ1) is 13.9. The van der Waals surface area contributed by atoms with Crippen LogP contribution in [-0.2, 0) is 0 Å². The SMILES string of the molecule is CNC(=O)c1cc(Oc2ccc(NC(=O)Nc3ccc(Cl)cc3)cc2)ccc1F. The number of nitrogens with one attached hydrogen (secondary N) is 3. The summed E-state index contributed by atoms with van der Waals surface area (Å²) in [7, 11) is 1.42. The molecule has 0 aliphatic rings. The van der Waals surface area contributed by atoms with Crippen molar-refractivity contribution in [2.24, 2.45) is 0 Å². The van der Waals surface area contributed by atoms with Gasteiger partial charge in [0.05, 0.1) is 5.56 Å². The molecule has 0 fully saturated rings. The fraction of sp³-hybridized carbons (Fsp3) is 0.0476. The maximum absolute atomic E-state index is 13.7. The van der Waals surface area contributed by atoms with Gasteiger partial charge in [-0.1, -0.05) is 11.6 Å². The standard InChI is InChI=1S/C21H17ClFN3O3/c1-24-20(27)18-12-17(10-11-19(18)23)29-16-8-6-15(7-9-16)26-21(28)25-14-4-2-13(22)3-5-14/h2-12H,1H3,(H,24,27)(H2,25,26,28). The highest BCUT2D eigenvalue weighted by Crippen LogP contribution is 2.25. The first-order valence-corrected chi connectivity index (χ1v) is 8.95. The van der Waals surface area contributed by atoms with Crippen molar-refractivity contribution in [3.63, 3.8) is 0 Å². The molecule has 0 aliphatic carbocycles. The van der Waals surface area contributed by atoms with Gasteiger partial charge >= 0.3 is 6.03 Å². The summed E-state index contributed by atoms with van der Waals surface area (Å²) in [5, 5.41) is 8.33. The molecule has 0 atom stereocenters. The van der Waals surface area contributed by atoms with Crippen LogP contribution in [0.2, 0.25) is 5.02 Å². The number of hydrogen-bond acceptors (Lipinski definition) is 3. The molecule has 0 saturated heterocycles. The van der Waals surface area contributed by atoms with Gasteiger partial charge in [0.2, 0.25) is 0 Å². The highest BCUT2D eigenvalue weighted by atomic mass is 35.5. The molecule has 0 unspecified atom stereocenters. The van der Waals surface area contributed by atoms with E-state index in [0.29, 0.717) is 27.9 Å². The van der Waals surface area contributed by atoms with E-state index < -0.39 is 17.8 Å². The number of carbonyl (C=O) groups is 2. The third kappa shape index (κ3) is 5.46. The fourth-order valence-electron chi connectivity index (χ4n) is 2.45. The van der Waals surface area contributed by atoms with E-state index in [1.54, 1.807) is 48.5 Å². The molecule has 3 N–H and O–H groups in total. The minimum Gasteiger partial charge on any atom is -0.457 e. The summed E-state index contributed by atoms with van der Waals surface area (Å²) in [6.07, 6.45) is 0. The molecule has 3 aromatic carbocycles. The maximum atomic E-state index is 13.7. The minimum absolute atomic E-state index is 0.109. The van der Waals surface area contributed by atoms with Crippen LogP contribution in [0.1, 0.15) is 10.4 Å². The molecule has 6 nitrogen and oxygen atoms in total. The molecule has 0 bridgehead atoms. The number of hydrogen-bond donors (Lipinski definition) is 3. The zero-order valence-corrected chi connectivity index (χ0v) is 16.1. The smallest absolute Gasteiger partial charge is 0.323 e. The van der Waals surface area contributed by atoms with Crippen LogP contribution in [-0.4, -0.2) is 19.0 Å². The summed E-state index contributed by atoms with van der Waals surface area (Å²) in [6, 6.07) is 16.8. The van der Waals surface area contributed by atoms with E-state index in [1.165, 1.54) is 19.2 Å². The summed E-state index contributed by atoms with van der Waals surface area (Å²) in [5.41, 5.74) is 1.05. The average molecular weight is 414 g/mol. The molecule has 8 heteroatoms. The third-order valence-electron chi connectivity index (χ3n) is 3.86. The van der Waals surface area contributed by atoms with Crippen molar-refractivity contribution < 1.29 is 18.7 Å². The minimum atomic E-state index is -0.636. The van der Waals surface area contributed by atoms with Crippen LogP contribution in [0.5, 0.6) is 11.5 Å². The quantitative estimate of drug-likeness (QED) is 0.532. The Hall–Kier alpha value is -3.58. The van der Waals surface area contributed by atoms with Crippen LogP contribution < -0.4 is 20.7 Å². The van der Waals surface area contributed by atoms with Crippen molar-refractivity contribution >= 4 is 34.9 Å². The number of benzene rings is 3. The number of rotatable bonds is 5. The molecular weight excluding hydrogens is 397 g/mol. The molecule has 3 rings (SSSR count). The van der Waals surface area contributed by atoms with Crippen molar-refractivity contribution in [2.45, 2.75) is 0 Å². The second-order valence-electron chi connectivity index (χ2n) is 5.93. The van der Waals surface area contributed by atoms with Crippen molar-refractivity contribution in [3.8, 4) is 11.5 Å². The first-order valence-electron chi connectivity index (χ1n) is 8.58. The summed E-state index contributed by atoms with van der Waals surface area (Å²) in [6.45, 7) is 0. The third-order valence-corrected chi connectivity index (χ3v) is 4.11. The van der Waals surface area contributed by atoms with Gasteiger partial charge in [-0.05, 0) is 66.7 Å². The van der Waals surface area contributed by atoms with Crippen LogP contribution in [0.15, 0.2) is 66.7 Å². The van der Waals surface area contributed by atoms with Gasteiger partial charge < -0.3 is 20.7 Å². The molecular formula is C21H17ClFN3O3. The summed E-state index contributed by atoms with van der Waals surface area (Å²) < 4.78 is 19.4. The van der Waals surface area contributed by atoms with Gasteiger partial charge in [-0.25, -0.2) is 9.18 Å². The molecule has 0 radical (unpaired) electrons. The Balaban J connectivity index is 1.62. The summed E-state index contributed by atoms with van der Waals surface area (Å²) in [4.78, 5) is 23.7. The Morgan fingerprint density at radius 2 is 1.41 bits per heavy atom. The van der Waals surface area contributed by atoms with Crippen molar-refractivity contribution in [1.82, 2.24) is 5.32 Å². The lowest BCUT2D eigenvalue weighted by Gasteiger charge is -2.10. The lowest BCUT2D eigenvalue weighted by Crippen LogP contribution is -2.19. The molecule has 148 valence electrons. The molecule has 3 aromatic rings. The number of halogens is 2. The normalized spacial score (nSPS) is 10.2. The molecule has 29 heavy (non-hydrogen) atoms. The van der Waals surface area contributed by atoms with Crippen LogP contribution >= 0.6 is 11.6 Å². The summed E-state index contributed by atoms with van der Waals surface area (Å²) >= 11 is 5.81. The van der Waals surface area contributed by atoms with E-state index >= 15 is 0 Å². The van der Waals surface area contributed by atoms with Crippen LogP contribution in [0.4, 0.5) is 20.6 Å². The Kier molecular flexibility index (Phi) is 6.31. The average Bonchev–Trinajstić information content (AvgIpc) is 2.72. The van der Waals surface area contributed by atoms with E-state index in [1.807, 2.05) is 0 Å². The highest BCUT2D eigenvalue weighted by Gasteiger charge is 2.12. The van der Waals surface area contributed by atoms with E-state index in [-0.39, 0.29) is 5.56 Å². The van der Waals surface area contributed by atoms with Crippen molar-refractivity contribution in [2.75, 3.05) is 17.7 Å². The van der Waals surface area contributed by atoms with Crippen LogP contribution in [0.3, 0.4) is 0 Å². The molecule has 3 amide bonds. The van der Waals surface area contributed by atoms with E-state index in [9.17, 15) is 14.0 Å². The number of amides is 3. The zero-order chi connectivity index (χ0) is 20.8. The lowest BCUT2D eigenvalue weighted by molar-refractivity contribution is 0.0958. The number of carbonyl (C=O) groups excluding carboxylic acids is 2. The van der Waals surface area contributed by atoms with E-state index in [2.05, 4.69) is 16.0 Å². The Morgan fingerprint density at radius 3 is 2.00 bits per heavy atom. The van der Waals surface area contributed by atoms with Crippen molar-refractivity contribution in [1.29, 1.82) is 0 Å². The highest BCUT2D eigenvalue weighted by molar-refractivity contribution is 6.30. The van der Waals surface area contributed by atoms with E-state index in [0.717, 1.165) is 6.07 Å². The largest absolute Gasteiger partial charge is 0.457 e. The second kappa shape index (κ2) is 9.07. The summed E-state index contributed by atoms with van der Waals surface area (Å²) in [5.74, 6) is -0.406. The number of urea groups is 1. The van der Waals surface area contributed by atoms with Gasteiger partial charge in [0.15, 0.2) is 0 Å². The Bertz CT molecular complexity index is 1020. The van der Waals surface area contributed by atoms with Gasteiger partial charge in [0.1, 0.15) is 17.3 Å². The van der Waals surface area contributed by atoms with E-state index in [4.69, 9.17) is 16.3 Å². The number of anilines is 2. The molecule has 0 aliphatic heterocycles. The van der Waals surface area contributed by atoms with Crippen LogP contribution in [0, 0.1) is 5.82 Å². The van der Waals surface area contributed by atoms with Gasteiger partial charge in [0, 0.05) is 23.4 Å². The second-order valence-corrected chi connectivity index (χ2v) is 6.37. The first kappa shape index (κ1) is 20.2. The zero-order valence-electron chi connectivity index (χ0n) is 15.3. The fourth-order valence-corrected chi connectivity index (χ4v) is 2.57. The number of ether oxygens (including phenoxy) is 1. The monoisotopic (exact) mass is 413 g/mol. The predicted octanol–water partition coefficient (Wildman–Crippen LogP) is 5.28. The molecule has 0 spiro atoms. The molecule has 0 aromatic heterocycles. The maximum Gasteiger partial charge on any atom is 0.323 e.